The molecule has 0 saturated heterocycles. The molecule has 3 rings (SSSR count). The van der Waals surface area contributed by atoms with Gasteiger partial charge >= 0.3 is 0 Å². The highest BCUT2D eigenvalue weighted by Gasteiger charge is 2.16. The molecule has 0 spiro atoms. The minimum atomic E-state index is -1.67. The highest BCUT2D eigenvalue weighted by molar-refractivity contribution is 6.04. The number of aromatic nitrogens is 1. The molecule has 1 amide bonds. The average molecular weight is 385 g/mol. The van der Waals surface area contributed by atoms with Crippen LogP contribution in [0.3, 0.4) is 0 Å². The number of nitrogens with zero attached hydrogens (tertiary/aromatic N) is 1. The van der Waals surface area contributed by atoms with Gasteiger partial charge in [-0.2, -0.15) is 0 Å². The van der Waals surface area contributed by atoms with Crippen molar-refractivity contribution in [3.63, 3.8) is 0 Å². The van der Waals surface area contributed by atoms with Gasteiger partial charge in [0.25, 0.3) is 5.91 Å². The molecule has 8 heteroatoms. The van der Waals surface area contributed by atoms with Crippen LogP contribution in [-0.4, -0.2) is 16.7 Å². The molecule has 0 aliphatic rings. The van der Waals surface area contributed by atoms with Crippen LogP contribution in [0.5, 0.6) is 0 Å². The number of Topliss-reactive ketones (excluding diaryl/α,β-unsaturated/α-hetero) is 1. The number of nitrogens with one attached hydrogen (secondary N) is 2. The van der Waals surface area contributed by atoms with Crippen LogP contribution in [0.1, 0.15) is 27.6 Å². The van der Waals surface area contributed by atoms with Crippen molar-refractivity contribution >= 4 is 28.8 Å². The predicted octanol–water partition coefficient (Wildman–Crippen LogP) is 4.70. The number of ketones is 1. The molecule has 0 fully saturated rings. The van der Waals surface area contributed by atoms with E-state index in [2.05, 4.69) is 15.6 Å². The maximum atomic E-state index is 13.7. The summed E-state index contributed by atoms with van der Waals surface area (Å²) in [5.74, 6) is -5.36. The van der Waals surface area contributed by atoms with Gasteiger partial charge in [0.2, 0.25) is 0 Å². The van der Waals surface area contributed by atoms with Crippen LogP contribution >= 0.6 is 0 Å². The van der Waals surface area contributed by atoms with Crippen molar-refractivity contribution in [2.75, 3.05) is 10.6 Å². The fraction of sp³-hybridized carbons (Fsp3) is 0.0500. The molecular formula is C20H14F3N3O2. The average Bonchev–Trinajstić information content (AvgIpc) is 2.69. The summed E-state index contributed by atoms with van der Waals surface area (Å²) in [6.07, 6.45) is 2.69. The van der Waals surface area contributed by atoms with E-state index in [1.54, 1.807) is 24.3 Å². The monoisotopic (exact) mass is 385 g/mol. The lowest BCUT2D eigenvalue weighted by Gasteiger charge is -2.10. The molecule has 142 valence electrons. The standard InChI is InChI=1S/C20H14F3N3O2/c1-11(27)12-3-2-4-14(7-12)25-15-8-13(9-24-10-15)20(28)26-17-6-5-16(21)18(22)19(17)23/h2-10,25H,1H3,(H,26,28). The molecule has 5 nitrogen and oxygen atoms in total. The second-order valence-electron chi connectivity index (χ2n) is 5.90. The number of benzene rings is 2. The first-order chi connectivity index (χ1) is 13.3. The summed E-state index contributed by atoms with van der Waals surface area (Å²) in [7, 11) is 0. The van der Waals surface area contributed by atoms with Crippen molar-refractivity contribution in [2.45, 2.75) is 6.92 Å². The van der Waals surface area contributed by atoms with E-state index in [1.165, 1.54) is 25.4 Å². The number of pyridine rings is 1. The molecule has 0 bridgehead atoms. The van der Waals surface area contributed by atoms with Crippen LogP contribution in [0.4, 0.5) is 30.2 Å². The quantitative estimate of drug-likeness (QED) is 0.493. The summed E-state index contributed by atoms with van der Waals surface area (Å²) in [4.78, 5) is 27.7. The van der Waals surface area contributed by atoms with E-state index in [0.717, 1.165) is 6.07 Å². The fourth-order valence-electron chi connectivity index (χ4n) is 2.43. The van der Waals surface area contributed by atoms with Crippen molar-refractivity contribution in [2.24, 2.45) is 0 Å². The van der Waals surface area contributed by atoms with Crippen LogP contribution < -0.4 is 10.6 Å². The molecule has 1 aromatic heterocycles. The Morgan fingerprint density at radius 1 is 0.893 bits per heavy atom. The Balaban J connectivity index is 1.79. The highest BCUT2D eigenvalue weighted by Crippen LogP contribution is 2.22. The Bertz CT molecular complexity index is 1070. The van der Waals surface area contributed by atoms with Crippen LogP contribution in [-0.2, 0) is 0 Å². The van der Waals surface area contributed by atoms with Gasteiger partial charge in [-0.1, -0.05) is 12.1 Å². The van der Waals surface area contributed by atoms with Gasteiger partial charge in [0, 0.05) is 17.4 Å². The number of anilines is 3. The van der Waals surface area contributed by atoms with Crippen LogP contribution in [0.2, 0.25) is 0 Å². The SMILES string of the molecule is CC(=O)c1cccc(Nc2cncc(C(=O)Nc3ccc(F)c(F)c3F)c2)c1. The maximum absolute atomic E-state index is 13.7. The minimum Gasteiger partial charge on any atom is -0.354 e. The van der Waals surface area contributed by atoms with E-state index in [9.17, 15) is 22.8 Å². The normalized spacial score (nSPS) is 10.4. The van der Waals surface area contributed by atoms with Gasteiger partial charge in [0.05, 0.1) is 23.1 Å². The molecule has 0 radical (unpaired) electrons. The maximum Gasteiger partial charge on any atom is 0.257 e. The number of amides is 1. The summed E-state index contributed by atoms with van der Waals surface area (Å²) in [6, 6.07) is 9.84. The lowest BCUT2D eigenvalue weighted by Crippen LogP contribution is -2.14. The third kappa shape index (κ3) is 4.17. The molecular weight excluding hydrogens is 371 g/mol. The molecule has 0 saturated carbocycles. The van der Waals surface area contributed by atoms with Crippen LogP contribution in [0.15, 0.2) is 54.9 Å². The van der Waals surface area contributed by atoms with E-state index in [0.29, 0.717) is 23.0 Å². The van der Waals surface area contributed by atoms with E-state index in [4.69, 9.17) is 0 Å². The van der Waals surface area contributed by atoms with Gasteiger partial charge in [-0.3, -0.25) is 14.6 Å². The molecule has 28 heavy (non-hydrogen) atoms. The Hall–Kier alpha value is -3.68. The van der Waals surface area contributed by atoms with Gasteiger partial charge in [-0.15, -0.1) is 0 Å². The van der Waals surface area contributed by atoms with Crippen LogP contribution in [0.25, 0.3) is 0 Å². The molecule has 0 aliphatic carbocycles. The first-order valence-electron chi connectivity index (χ1n) is 8.13. The molecule has 2 aromatic carbocycles. The van der Waals surface area contributed by atoms with Crippen molar-refractivity contribution < 1.29 is 22.8 Å². The smallest absolute Gasteiger partial charge is 0.257 e. The van der Waals surface area contributed by atoms with E-state index in [-0.39, 0.29) is 11.3 Å². The van der Waals surface area contributed by atoms with Gasteiger partial charge in [0.15, 0.2) is 23.2 Å². The number of hydrogen-bond donors (Lipinski definition) is 2. The number of halogens is 3. The molecule has 3 aromatic rings. The summed E-state index contributed by atoms with van der Waals surface area (Å²) < 4.78 is 40.0. The summed E-state index contributed by atoms with van der Waals surface area (Å²) in [5.41, 5.74) is 1.15. The summed E-state index contributed by atoms with van der Waals surface area (Å²) >= 11 is 0. The van der Waals surface area contributed by atoms with Crippen molar-refractivity contribution in [3.05, 3.63) is 83.4 Å². The molecule has 0 aliphatic heterocycles. The lowest BCUT2D eigenvalue weighted by atomic mass is 10.1. The highest BCUT2D eigenvalue weighted by atomic mass is 19.2. The van der Waals surface area contributed by atoms with Gasteiger partial charge < -0.3 is 10.6 Å². The first-order valence-corrected chi connectivity index (χ1v) is 8.13. The van der Waals surface area contributed by atoms with E-state index < -0.39 is 29.0 Å². The second-order valence-corrected chi connectivity index (χ2v) is 5.90. The predicted molar refractivity (Wildman–Crippen MR) is 98.2 cm³/mol. The Kier molecular flexibility index (Phi) is 5.39. The largest absolute Gasteiger partial charge is 0.354 e. The third-order valence-electron chi connectivity index (χ3n) is 3.84. The number of carbonyl (C=O) groups excluding carboxylic acids is 2. The minimum absolute atomic E-state index is 0.0665. The first kappa shape index (κ1) is 19.1. The van der Waals surface area contributed by atoms with E-state index >= 15 is 0 Å². The molecule has 2 N–H and O–H groups in total. The summed E-state index contributed by atoms with van der Waals surface area (Å²) in [6.45, 7) is 1.45. The van der Waals surface area contributed by atoms with Gasteiger partial charge in [-0.05, 0) is 37.3 Å². The zero-order valence-electron chi connectivity index (χ0n) is 14.6. The fourth-order valence-corrected chi connectivity index (χ4v) is 2.43. The van der Waals surface area contributed by atoms with Gasteiger partial charge in [-0.25, -0.2) is 13.2 Å². The van der Waals surface area contributed by atoms with Crippen molar-refractivity contribution in [1.82, 2.24) is 4.98 Å². The number of hydrogen-bond acceptors (Lipinski definition) is 4. The van der Waals surface area contributed by atoms with Gasteiger partial charge in [0.1, 0.15) is 0 Å². The molecule has 1 heterocycles. The number of carbonyl (C=O) groups is 2. The number of rotatable bonds is 5. The van der Waals surface area contributed by atoms with Crippen molar-refractivity contribution in [1.29, 1.82) is 0 Å². The third-order valence-corrected chi connectivity index (χ3v) is 3.84. The van der Waals surface area contributed by atoms with E-state index in [1.807, 2.05) is 0 Å². The molecule has 0 atom stereocenters. The lowest BCUT2D eigenvalue weighted by molar-refractivity contribution is 0.101. The molecule has 0 unspecified atom stereocenters. The van der Waals surface area contributed by atoms with Crippen molar-refractivity contribution in [3.8, 4) is 0 Å². The Morgan fingerprint density at radius 3 is 2.39 bits per heavy atom. The zero-order valence-corrected chi connectivity index (χ0v) is 14.6. The topological polar surface area (TPSA) is 71.1 Å². The Morgan fingerprint density at radius 2 is 1.64 bits per heavy atom. The second kappa shape index (κ2) is 7.91. The summed E-state index contributed by atoms with van der Waals surface area (Å²) in [5, 5.41) is 5.18. The van der Waals surface area contributed by atoms with Crippen LogP contribution in [0, 0.1) is 17.5 Å². The Labute approximate surface area is 158 Å². The zero-order chi connectivity index (χ0) is 20.3.